The summed E-state index contributed by atoms with van der Waals surface area (Å²) in [6.07, 6.45) is 6.10. The van der Waals surface area contributed by atoms with Crippen LogP contribution < -0.4 is 10.5 Å². The number of allylic oxidation sites excluding steroid dienone is 2. The van der Waals surface area contributed by atoms with E-state index < -0.39 is 28.5 Å². The van der Waals surface area contributed by atoms with E-state index in [0.29, 0.717) is 12.8 Å². The van der Waals surface area contributed by atoms with E-state index in [1.54, 1.807) is 0 Å². The predicted octanol–water partition coefficient (Wildman–Crippen LogP) is 1.17. The highest BCUT2D eigenvalue weighted by atomic mass is 32.2. The summed E-state index contributed by atoms with van der Waals surface area (Å²) in [5, 5.41) is 7.48. The lowest BCUT2D eigenvalue weighted by atomic mass is 9.95. The summed E-state index contributed by atoms with van der Waals surface area (Å²) < 4.78 is 27.5. The molecule has 1 amide bonds. The molecule has 23 heavy (non-hydrogen) atoms. The fourth-order valence-electron chi connectivity index (χ4n) is 2.21. The third-order valence-electron chi connectivity index (χ3n) is 3.39. The Hall–Kier alpha value is -2.19. The highest BCUT2D eigenvalue weighted by Gasteiger charge is 2.21. The number of carbonyl (C=O) groups is 2. The molecule has 0 bridgehead atoms. The number of ether oxygens (including phenoxy) is 1. The predicted molar refractivity (Wildman–Crippen MR) is 83.9 cm³/mol. The maximum atomic E-state index is 11.8. The Balaban J connectivity index is 1.87. The average Bonchev–Trinajstić information content (AvgIpc) is 2.53. The van der Waals surface area contributed by atoms with E-state index in [4.69, 9.17) is 9.88 Å². The number of benzene rings is 1. The van der Waals surface area contributed by atoms with E-state index >= 15 is 0 Å². The van der Waals surface area contributed by atoms with E-state index in [0.717, 1.165) is 6.42 Å². The number of nitrogens with one attached hydrogen (secondary N) is 1. The minimum atomic E-state index is -3.84. The Morgan fingerprint density at radius 3 is 2.74 bits per heavy atom. The second-order valence-corrected chi connectivity index (χ2v) is 6.77. The van der Waals surface area contributed by atoms with Gasteiger partial charge in [-0.25, -0.2) is 13.6 Å². The zero-order valence-electron chi connectivity index (χ0n) is 12.4. The quantitative estimate of drug-likeness (QED) is 0.617. The molecule has 1 atom stereocenters. The number of hydrogen-bond acceptors (Lipinski definition) is 5. The molecule has 0 saturated carbocycles. The number of sulfonamides is 1. The van der Waals surface area contributed by atoms with Crippen LogP contribution in [0.15, 0.2) is 41.3 Å². The van der Waals surface area contributed by atoms with Crippen molar-refractivity contribution >= 4 is 27.6 Å². The van der Waals surface area contributed by atoms with Crippen LogP contribution in [0, 0.1) is 5.92 Å². The molecule has 0 radical (unpaired) electrons. The topological polar surface area (TPSA) is 116 Å². The number of anilines is 1. The lowest BCUT2D eigenvalue weighted by molar-refractivity contribution is -0.151. The Morgan fingerprint density at radius 1 is 1.30 bits per heavy atom. The van der Waals surface area contributed by atoms with Crippen LogP contribution in [-0.4, -0.2) is 26.9 Å². The summed E-state index contributed by atoms with van der Waals surface area (Å²) in [5.41, 5.74) is 0.262. The molecule has 3 N–H and O–H groups in total. The van der Waals surface area contributed by atoms with Crippen LogP contribution in [0.25, 0.3) is 0 Å². The summed E-state index contributed by atoms with van der Waals surface area (Å²) in [6, 6.07) is 5.53. The molecule has 1 aliphatic rings. The molecule has 1 aromatic rings. The van der Waals surface area contributed by atoms with Gasteiger partial charge in [0.05, 0.1) is 10.8 Å². The second kappa shape index (κ2) is 7.38. The third-order valence-corrected chi connectivity index (χ3v) is 4.31. The van der Waals surface area contributed by atoms with Gasteiger partial charge in [0.25, 0.3) is 5.91 Å². The van der Waals surface area contributed by atoms with Crippen molar-refractivity contribution in [2.24, 2.45) is 11.1 Å². The first-order valence-electron chi connectivity index (χ1n) is 7.10. The highest BCUT2D eigenvalue weighted by Crippen LogP contribution is 2.19. The molecule has 0 aromatic heterocycles. The van der Waals surface area contributed by atoms with Gasteiger partial charge in [-0.15, -0.1) is 0 Å². The van der Waals surface area contributed by atoms with Crippen molar-refractivity contribution in [3.8, 4) is 0 Å². The number of nitrogens with two attached hydrogens (primary N) is 1. The number of amides is 1. The van der Waals surface area contributed by atoms with Gasteiger partial charge in [0.15, 0.2) is 6.61 Å². The fourth-order valence-corrected chi connectivity index (χ4v) is 2.77. The van der Waals surface area contributed by atoms with Gasteiger partial charge in [0, 0.05) is 5.69 Å². The van der Waals surface area contributed by atoms with Crippen molar-refractivity contribution in [1.29, 1.82) is 0 Å². The summed E-state index contributed by atoms with van der Waals surface area (Å²) in [4.78, 5) is 23.5. The molecule has 2 rings (SSSR count). The number of hydrogen-bond donors (Lipinski definition) is 2. The first-order chi connectivity index (χ1) is 10.9. The van der Waals surface area contributed by atoms with Crippen molar-refractivity contribution in [1.82, 2.24) is 0 Å². The Bertz CT molecular complexity index is 727. The van der Waals surface area contributed by atoms with E-state index in [9.17, 15) is 18.0 Å². The van der Waals surface area contributed by atoms with Crippen molar-refractivity contribution < 1.29 is 22.7 Å². The standard InChI is InChI=1S/C15H18N2O5S/c16-23(20,21)13-8-4-7-12(9-13)17-14(18)10-22-15(19)11-5-2-1-3-6-11/h1-2,4,7-9,11H,3,5-6,10H2,(H,17,18)(H2,16,20,21)/t11-/m0/s1. The number of carbonyl (C=O) groups excluding carboxylic acids is 2. The van der Waals surface area contributed by atoms with Crippen LogP contribution in [-0.2, 0) is 24.3 Å². The molecule has 0 unspecified atom stereocenters. The molecule has 1 aliphatic carbocycles. The molecule has 1 aromatic carbocycles. The second-order valence-electron chi connectivity index (χ2n) is 5.21. The van der Waals surface area contributed by atoms with Crippen LogP contribution in [0.3, 0.4) is 0 Å². The molecule has 0 fully saturated rings. The van der Waals surface area contributed by atoms with Crippen LogP contribution in [0.4, 0.5) is 5.69 Å². The van der Waals surface area contributed by atoms with Gasteiger partial charge in [-0.05, 0) is 37.5 Å². The Kier molecular flexibility index (Phi) is 5.51. The van der Waals surface area contributed by atoms with Gasteiger partial charge in [-0.2, -0.15) is 0 Å². The van der Waals surface area contributed by atoms with Crippen LogP contribution in [0.2, 0.25) is 0 Å². The lowest BCUT2D eigenvalue weighted by Crippen LogP contribution is -2.25. The number of esters is 1. The zero-order chi connectivity index (χ0) is 16.9. The summed E-state index contributed by atoms with van der Waals surface area (Å²) in [6.45, 7) is -0.418. The van der Waals surface area contributed by atoms with E-state index in [-0.39, 0.29) is 16.5 Å². The summed E-state index contributed by atoms with van der Waals surface area (Å²) in [7, 11) is -3.84. The fraction of sp³-hybridized carbons (Fsp3) is 0.333. The summed E-state index contributed by atoms with van der Waals surface area (Å²) in [5.74, 6) is -1.16. The zero-order valence-corrected chi connectivity index (χ0v) is 13.2. The molecule has 8 heteroatoms. The van der Waals surface area contributed by atoms with Gasteiger partial charge < -0.3 is 10.1 Å². The summed E-state index contributed by atoms with van der Waals surface area (Å²) >= 11 is 0. The monoisotopic (exact) mass is 338 g/mol. The molecular weight excluding hydrogens is 320 g/mol. The first-order valence-corrected chi connectivity index (χ1v) is 8.65. The first kappa shape index (κ1) is 17.2. The molecular formula is C15H18N2O5S. The van der Waals surface area contributed by atoms with Gasteiger partial charge in [0.2, 0.25) is 10.0 Å². The normalized spacial score (nSPS) is 17.5. The molecule has 0 heterocycles. The minimum Gasteiger partial charge on any atom is -0.455 e. The van der Waals surface area contributed by atoms with Gasteiger partial charge in [0.1, 0.15) is 0 Å². The molecule has 0 aliphatic heterocycles. The maximum absolute atomic E-state index is 11.8. The van der Waals surface area contributed by atoms with Crippen LogP contribution in [0.1, 0.15) is 19.3 Å². The van der Waals surface area contributed by atoms with Crippen molar-refractivity contribution in [2.75, 3.05) is 11.9 Å². The molecule has 124 valence electrons. The smallest absolute Gasteiger partial charge is 0.309 e. The van der Waals surface area contributed by atoms with Crippen molar-refractivity contribution in [2.45, 2.75) is 24.2 Å². The SMILES string of the molecule is NS(=O)(=O)c1cccc(NC(=O)COC(=O)[C@H]2CC=CCC2)c1. The van der Waals surface area contributed by atoms with Crippen LogP contribution in [0.5, 0.6) is 0 Å². The van der Waals surface area contributed by atoms with E-state index in [1.807, 2.05) is 12.2 Å². The van der Waals surface area contributed by atoms with Gasteiger partial charge >= 0.3 is 5.97 Å². The number of primary sulfonamides is 1. The number of rotatable bonds is 5. The van der Waals surface area contributed by atoms with Crippen molar-refractivity contribution in [3.05, 3.63) is 36.4 Å². The maximum Gasteiger partial charge on any atom is 0.309 e. The Morgan fingerprint density at radius 2 is 2.09 bits per heavy atom. The minimum absolute atomic E-state index is 0.110. The average molecular weight is 338 g/mol. The van der Waals surface area contributed by atoms with Gasteiger partial charge in [-0.3, -0.25) is 9.59 Å². The van der Waals surface area contributed by atoms with Crippen molar-refractivity contribution in [3.63, 3.8) is 0 Å². The molecule has 0 saturated heterocycles. The highest BCUT2D eigenvalue weighted by molar-refractivity contribution is 7.89. The largest absolute Gasteiger partial charge is 0.455 e. The lowest BCUT2D eigenvalue weighted by Gasteiger charge is -2.16. The van der Waals surface area contributed by atoms with Gasteiger partial charge in [-0.1, -0.05) is 18.2 Å². The third kappa shape index (κ3) is 5.19. The Labute approximate surface area is 134 Å². The van der Waals surface area contributed by atoms with E-state index in [1.165, 1.54) is 24.3 Å². The molecule has 7 nitrogen and oxygen atoms in total. The van der Waals surface area contributed by atoms with E-state index in [2.05, 4.69) is 5.32 Å². The van der Waals surface area contributed by atoms with Crippen LogP contribution >= 0.6 is 0 Å². The molecule has 0 spiro atoms.